The number of fused-ring (bicyclic) bond motifs is 1. The second-order valence-electron chi connectivity index (χ2n) is 4.34. The predicted molar refractivity (Wildman–Crippen MR) is 72.3 cm³/mol. The van der Waals surface area contributed by atoms with Gasteiger partial charge in [0, 0.05) is 12.1 Å². The summed E-state index contributed by atoms with van der Waals surface area (Å²) in [5.41, 5.74) is 14.6. The van der Waals surface area contributed by atoms with Crippen LogP contribution in [0.4, 0.5) is 5.95 Å². The van der Waals surface area contributed by atoms with Gasteiger partial charge in [0.05, 0.1) is 11.0 Å². The van der Waals surface area contributed by atoms with E-state index in [1.54, 1.807) is 6.07 Å². The molecule has 1 amide bonds. The van der Waals surface area contributed by atoms with Crippen molar-refractivity contribution in [1.82, 2.24) is 9.55 Å². The fraction of sp³-hybridized carbons (Fsp3) is 0.385. The summed E-state index contributed by atoms with van der Waals surface area (Å²) in [5, 5.41) is 0. The smallest absolute Gasteiger partial charge is 0.248 e. The molecule has 0 saturated heterocycles. The number of benzene rings is 1. The fourth-order valence-electron chi connectivity index (χ4n) is 2.23. The van der Waals surface area contributed by atoms with E-state index in [0.717, 1.165) is 36.0 Å². The Hall–Kier alpha value is -2.04. The van der Waals surface area contributed by atoms with E-state index in [1.165, 1.54) is 0 Å². The van der Waals surface area contributed by atoms with Crippen molar-refractivity contribution in [3.05, 3.63) is 23.3 Å². The molecule has 0 aliphatic carbocycles. The third-order valence-corrected chi connectivity index (χ3v) is 3.06. The average Bonchev–Trinajstić information content (AvgIpc) is 2.65. The molecule has 1 aromatic heterocycles. The van der Waals surface area contributed by atoms with Crippen LogP contribution in [0.15, 0.2) is 12.1 Å². The molecule has 0 aliphatic heterocycles. The van der Waals surface area contributed by atoms with Crippen molar-refractivity contribution in [2.75, 3.05) is 5.73 Å². The normalized spacial score (nSPS) is 11.0. The lowest BCUT2D eigenvalue weighted by molar-refractivity contribution is 0.100. The van der Waals surface area contributed by atoms with Crippen molar-refractivity contribution in [3.8, 4) is 0 Å². The number of primary amides is 1. The van der Waals surface area contributed by atoms with Gasteiger partial charge in [-0.3, -0.25) is 4.79 Å². The van der Waals surface area contributed by atoms with E-state index in [1.807, 2.05) is 17.6 Å². The molecule has 0 radical (unpaired) electrons. The van der Waals surface area contributed by atoms with Gasteiger partial charge in [-0.1, -0.05) is 13.8 Å². The maximum atomic E-state index is 11.3. The van der Waals surface area contributed by atoms with Gasteiger partial charge < -0.3 is 16.0 Å². The molecule has 0 aliphatic rings. The first-order valence-corrected chi connectivity index (χ1v) is 6.16. The molecule has 96 valence electrons. The second kappa shape index (κ2) is 4.68. The number of nitrogen functional groups attached to an aromatic ring is 1. The highest BCUT2D eigenvalue weighted by atomic mass is 16.1. The average molecular weight is 246 g/mol. The number of nitrogens with zero attached hydrogens (tertiary/aromatic N) is 2. The summed E-state index contributed by atoms with van der Waals surface area (Å²) in [7, 11) is 0. The van der Waals surface area contributed by atoms with Crippen LogP contribution >= 0.6 is 0 Å². The number of aryl methyl sites for hydroxylation is 2. The van der Waals surface area contributed by atoms with Crippen LogP contribution in [0.3, 0.4) is 0 Å². The van der Waals surface area contributed by atoms with Crippen LogP contribution in [0.1, 0.15) is 36.2 Å². The third kappa shape index (κ3) is 1.92. The van der Waals surface area contributed by atoms with Crippen LogP contribution in [0.5, 0.6) is 0 Å². The van der Waals surface area contributed by atoms with Crippen molar-refractivity contribution in [2.45, 2.75) is 33.2 Å². The molecule has 18 heavy (non-hydrogen) atoms. The Morgan fingerprint density at radius 3 is 2.67 bits per heavy atom. The molecule has 4 N–H and O–H groups in total. The van der Waals surface area contributed by atoms with E-state index in [0.29, 0.717) is 11.5 Å². The second-order valence-corrected chi connectivity index (χ2v) is 4.34. The Balaban J connectivity index is 2.75. The van der Waals surface area contributed by atoms with Crippen LogP contribution in [0.25, 0.3) is 11.0 Å². The molecule has 5 heteroatoms. The van der Waals surface area contributed by atoms with Crippen molar-refractivity contribution < 1.29 is 4.79 Å². The number of aromatic nitrogens is 2. The third-order valence-electron chi connectivity index (χ3n) is 3.06. The molecule has 1 heterocycles. The highest BCUT2D eigenvalue weighted by Gasteiger charge is 2.14. The lowest BCUT2D eigenvalue weighted by atomic mass is 10.1. The number of anilines is 1. The number of carbonyl (C=O) groups is 1. The molecule has 0 saturated carbocycles. The van der Waals surface area contributed by atoms with E-state index < -0.39 is 5.91 Å². The topological polar surface area (TPSA) is 86.9 Å². The van der Waals surface area contributed by atoms with Gasteiger partial charge in [0.25, 0.3) is 0 Å². The summed E-state index contributed by atoms with van der Waals surface area (Å²) in [4.78, 5) is 15.6. The Labute approximate surface area is 106 Å². The summed E-state index contributed by atoms with van der Waals surface area (Å²) >= 11 is 0. The summed E-state index contributed by atoms with van der Waals surface area (Å²) in [5.74, 6) is 0.0541. The number of imidazole rings is 1. The summed E-state index contributed by atoms with van der Waals surface area (Å²) in [6.07, 6.45) is 1.79. The quantitative estimate of drug-likeness (QED) is 0.860. The van der Waals surface area contributed by atoms with E-state index >= 15 is 0 Å². The van der Waals surface area contributed by atoms with Gasteiger partial charge in [0.1, 0.15) is 0 Å². The van der Waals surface area contributed by atoms with Gasteiger partial charge in [0.2, 0.25) is 11.9 Å². The number of amides is 1. The molecule has 0 bridgehead atoms. The van der Waals surface area contributed by atoms with E-state index in [2.05, 4.69) is 11.9 Å². The van der Waals surface area contributed by atoms with Crippen molar-refractivity contribution >= 4 is 22.9 Å². The number of hydrogen-bond donors (Lipinski definition) is 2. The van der Waals surface area contributed by atoms with Crippen LogP contribution in [-0.2, 0) is 13.0 Å². The van der Waals surface area contributed by atoms with Gasteiger partial charge in [-0.2, -0.15) is 0 Å². The molecule has 2 rings (SSSR count). The van der Waals surface area contributed by atoms with Crippen molar-refractivity contribution in [2.24, 2.45) is 5.73 Å². The fourth-order valence-corrected chi connectivity index (χ4v) is 2.23. The first-order chi connectivity index (χ1) is 8.58. The monoisotopic (exact) mass is 246 g/mol. The number of rotatable bonds is 4. The molecule has 5 nitrogen and oxygen atoms in total. The Morgan fingerprint density at radius 2 is 2.11 bits per heavy atom. The van der Waals surface area contributed by atoms with Crippen LogP contribution in [0.2, 0.25) is 0 Å². The van der Waals surface area contributed by atoms with Crippen molar-refractivity contribution in [3.63, 3.8) is 0 Å². The van der Waals surface area contributed by atoms with E-state index in [9.17, 15) is 4.79 Å². The minimum atomic E-state index is -0.435. The zero-order chi connectivity index (χ0) is 13.3. The van der Waals surface area contributed by atoms with E-state index in [-0.39, 0.29) is 0 Å². The minimum Gasteiger partial charge on any atom is -0.369 e. The lowest BCUT2D eigenvalue weighted by Gasteiger charge is -2.08. The number of nitrogens with two attached hydrogens (primary N) is 2. The van der Waals surface area contributed by atoms with E-state index in [4.69, 9.17) is 11.5 Å². The van der Waals surface area contributed by atoms with Gasteiger partial charge in [0.15, 0.2) is 0 Å². The standard InChI is InChI=1S/C13H18N4O/c1-3-5-17-11-8(4-2)6-9(12(14)18)7-10(11)16-13(17)15/h6-7H,3-5H2,1-2H3,(H2,14,18)(H2,15,16). The molecular formula is C13H18N4O. The SMILES string of the molecule is CCCn1c(N)nc2cc(C(N)=O)cc(CC)c21. The molecule has 0 unspecified atom stereocenters. The maximum Gasteiger partial charge on any atom is 0.248 e. The molecule has 0 fully saturated rings. The lowest BCUT2D eigenvalue weighted by Crippen LogP contribution is -2.11. The molecule has 2 aromatic rings. The predicted octanol–water partition coefficient (Wildman–Crippen LogP) is 1.69. The Bertz CT molecular complexity index is 601. The first kappa shape index (κ1) is 12.4. The summed E-state index contributed by atoms with van der Waals surface area (Å²) < 4.78 is 2.00. The van der Waals surface area contributed by atoms with Crippen LogP contribution < -0.4 is 11.5 Å². The zero-order valence-electron chi connectivity index (χ0n) is 10.7. The highest BCUT2D eigenvalue weighted by molar-refractivity contribution is 5.97. The summed E-state index contributed by atoms with van der Waals surface area (Å²) in [6.45, 7) is 4.96. The highest BCUT2D eigenvalue weighted by Crippen LogP contribution is 2.24. The largest absolute Gasteiger partial charge is 0.369 e. The molecule has 1 aromatic carbocycles. The van der Waals surface area contributed by atoms with Gasteiger partial charge in [-0.25, -0.2) is 4.98 Å². The van der Waals surface area contributed by atoms with Gasteiger partial charge >= 0.3 is 0 Å². The minimum absolute atomic E-state index is 0.435. The summed E-state index contributed by atoms with van der Waals surface area (Å²) in [6, 6.07) is 3.54. The van der Waals surface area contributed by atoms with Crippen molar-refractivity contribution in [1.29, 1.82) is 0 Å². The Morgan fingerprint density at radius 1 is 1.39 bits per heavy atom. The molecular weight excluding hydrogens is 228 g/mol. The molecule has 0 spiro atoms. The van der Waals surface area contributed by atoms with Crippen LogP contribution in [-0.4, -0.2) is 15.5 Å². The van der Waals surface area contributed by atoms with Crippen LogP contribution in [0, 0.1) is 0 Å². The van der Waals surface area contributed by atoms with Gasteiger partial charge in [-0.05, 0) is 30.5 Å². The molecule has 0 atom stereocenters. The number of carbonyl (C=O) groups excluding carboxylic acids is 1. The first-order valence-electron chi connectivity index (χ1n) is 6.16. The maximum absolute atomic E-state index is 11.3. The number of hydrogen-bond acceptors (Lipinski definition) is 3. The van der Waals surface area contributed by atoms with Gasteiger partial charge in [-0.15, -0.1) is 0 Å². The zero-order valence-corrected chi connectivity index (χ0v) is 10.7. The Kier molecular flexibility index (Phi) is 3.23.